The van der Waals surface area contributed by atoms with Crippen LogP contribution in [0.5, 0.6) is 17.5 Å². The number of aryl methyl sites for hydroxylation is 1. The minimum absolute atomic E-state index is 0.582. The Morgan fingerprint density at radius 3 is 2.88 bits per heavy atom. The third kappa shape index (κ3) is 2.61. The third-order valence-corrected chi connectivity index (χ3v) is 2.98. The van der Waals surface area contributed by atoms with Crippen molar-refractivity contribution in [2.24, 2.45) is 0 Å². The van der Waals surface area contributed by atoms with Crippen molar-refractivity contribution < 1.29 is 9.47 Å². The van der Waals surface area contributed by atoms with Gasteiger partial charge in [0.25, 0.3) is 0 Å². The summed E-state index contributed by atoms with van der Waals surface area (Å²) in [4.78, 5) is 4.15. The summed E-state index contributed by atoms with van der Waals surface area (Å²) in [6.07, 6.45) is 3.60. The summed E-state index contributed by atoms with van der Waals surface area (Å²) in [6, 6.07) is 6.13. The largest absolute Gasteiger partial charge is 0.497 e. The zero-order valence-electron chi connectivity index (χ0n) is 9.68. The molecule has 0 radical (unpaired) electrons. The molecular formula is C12H13BrN2O2. The van der Waals surface area contributed by atoms with Crippen LogP contribution >= 0.6 is 15.9 Å². The maximum atomic E-state index is 5.72. The molecule has 0 saturated heterocycles. The number of imidazole rings is 1. The van der Waals surface area contributed by atoms with Crippen molar-refractivity contribution in [3.05, 3.63) is 35.1 Å². The van der Waals surface area contributed by atoms with Crippen molar-refractivity contribution >= 4 is 15.9 Å². The van der Waals surface area contributed by atoms with Gasteiger partial charge >= 0.3 is 6.01 Å². The molecule has 17 heavy (non-hydrogen) atoms. The van der Waals surface area contributed by atoms with Gasteiger partial charge in [-0.25, -0.2) is 4.98 Å². The van der Waals surface area contributed by atoms with Gasteiger partial charge in [0.1, 0.15) is 11.5 Å². The van der Waals surface area contributed by atoms with Crippen LogP contribution in [0.25, 0.3) is 0 Å². The minimum atomic E-state index is 0.582. The summed E-state index contributed by atoms with van der Waals surface area (Å²) in [6.45, 7) is 2.86. The Morgan fingerprint density at radius 2 is 2.24 bits per heavy atom. The molecule has 1 aromatic heterocycles. The van der Waals surface area contributed by atoms with Gasteiger partial charge in [-0.1, -0.05) is 0 Å². The van der Waals surface area contributed by atoms with Crippen LogP contribution in [0.15, 0.2) is 35.1 Å². The van der Waals surface area contributed by atoms with Crippen LogP contribution < -0.4 is 9.47 Å². The Hall–Kier alpha value is -1.49. The van der Waals surface area contributed by atoms with Gasteiger partial charge in [-0.15, -0.1) is 0 Å². The van der Waals surface area contributed by atoms with E-state index in [2.05, 4.69) is 20.9 Å². The van der Waals surface area contributed by atoms with E-state index < -0.39 is 0 Å². The topological polar surface area (TPSA) is 36.3 Å². The van der Waals surface area contributed by atoms with E-state index in [0.717, 1.165) is 16.8 Å². The zero-order chi connectivity index (χ0) is 12.3. The van der Waals surface area contributed by atoms with Crippen LogP contribution in [0.3, 0.4) is 0 Å². The number of methoxy groups -OCH3 is 1. The van der Waals surface area contributed by atoms with Crippen LogP contribution in [-0.2, 0) is 6.54 Å². The van der Waals surface area contributed by atoms with Crippen molar-refractivity contribution in [1.82, 2.24) is 9.55 Å². The lowest BCUT2D eigenvalue weighted by Gasteiger charge is -2.09. The van der Waals surface area contributed by atoms with Crippen LogP contribution in [-0.4, -0.2) is 16.7 Å². The first-order valence-electron chi connectivity index (χ1n) is 5.27. The zero-order valence-corrected chi connectivity index (χ0v) is 11.3. The normalized spacial score (nSPS) is 10.3. The predicted octanol–water partition coefficient (Wildman–Crippen LogP) is 3.47. The SMILES string of the molecule is CCn1ccnc1Oc1ccc(OC)cc1Br. The molecule has 0 spiro atoms. The fourth-order valence-corrected chi connectivity index (χ4v) is 1.87. The van der Waals surface area contributed by atoms with Gasteiger partial charge < -0.3 is 14.0 Å². The number of hydrogen-bond donors (Lipinski definition) is 0. The number of aromatic nitrogens is 2. The van der Waals surface area contributed by atoms with Crippen molar-refractivity contribution in [2.75, 3.05) is 7.11 Å². The molecule has 0 unspecified atom stereocenters. The standard InChI is InChI=1S/C12H13BrN2O2/c1-3-15-7-6-14-12(15)17-11-5-4-9(16-2)8-10(11)13/h4-8H,3H2,1-2H3. The molecule has 1 heterocycles. The van der Waals surface area contributed by atoms with E-state index in [-0.39, 0.29) is 0 Å². The van der Waals surface area contributed by atoms with E-state index in [1.807, 2.05) is 35.9 Å². The molecular weight excluding hydrogens is 284 g/mol. The molecule has 90 valence electrons. The molecule has 0 bridgehead atoms. The summed E-state index contributed by atoms with van der Waals surface area (Å²) >= 11 is 3.44. The van der Waals surface area contributed by atoms with Gasteiger partial charge in [0.2, 0.25) is 0 Å². The molecule has 2 aromatic rings. The third-order valence-electron chi connectivity index (χ3n) is 2.36. The van der Waals surface area contributed by atoms with Gasteiger partial charge in [-0.05, 0) is 41.1 Å². The van der Waals surface area contributed by atoms with Gasteiger partial charge in [0.15, 0.2) is 0 Å². The molecule has 2 rings (SSSR count). The average molecular weight is 297 g/mol. The van der Waals surface area contributed by atoms with Crippen LogP contribution in [0.4, 0.5) is 0 Å². The van der Waals surface area contributed by atoms with E-state index in [1.54, 1.807) is 13.3 Å². The van der Waals surface area contributed by atoms with Gasteiger partial charge in [0, 0.05) is 18.9 Å². The molecule has 5 heteroatoms. The monoisotopic (exact) mass is 296 g/mol. The number of halogens is 1. The lowest BCUT2D eigenvalue weighted by molar-refractivity contribution is 0.402. The molecule has 0 atom stereocenters. The molecule has 0 N–H and O–H groups in total. The number of rotatable bonds is 4. The Bertz CT molecular complexity index is 511. The van der Waals surface area contributed by atoms with E-state index in [4.69, 9.17) is 9.47 Å². The van der Waals surface area contributed by atoms with Gasteiger partial charge in [-0.2, -0.15) is 0 Å². The number of ether oxygens (including phenoxy) is 2. The molecule has 0 aliphatic heterocycles. The highest BCUT2D eigenvalue weighted by Crippen LogP contribution is 2.32. The second-order valence-electron chi connectivity index (χ2n) is 3.39. The first-order chi connectivity index (χ1) is 8.24. The van der Waals surface area contributed by atoms with Crippen molar-refractivity contribution in [3.8, 4) is 17.5 Å². The van der Waals surface area contributed by atoms with Gasteiger partial charge in [0.05, 0.1) is 11.6 Å². The predicted molar refractivity (Wildman–Crippen MR) is 68.7 cm³/mol. The minimum Gasteiger partial charge on any atom is -0.497 e. The summed E-state index contributed by atoms with van der Waals surface area (Å²) in [7, 11) is 1.63. The smallest absolute Gasteiger partial charge is 0.301 e. The van der Waals surface area contributed by atoms with E-state index in [1.165, 1.54) is 0 Å². The Balaban J connectivity index is 2.24. The molecule has 0 aliphatic carbocycles. The Labute approximate surface area is 108 Å². The average Bonchev–Trinajstić information content (AvgIpc) is 2.79. The van der Waals surface area contributed by atoms with Gasteiger partial charge in [-0.3, -0.25) is 0 Å². The van der Waals surface area contributed by atoms with Crippen molar-refractivity contribution in [1.29, 1.82) is 0 Å². The highest BCUT2D eigenvalue weighted by Gasteiger charge is 2.08. The molecule has 0 amide bonds. The van der Waals surface area contributed by atoms with Crippen LogP contribution in [0, 0.1) is 0 Å². The van der Waals surface area contributed by atoms with Crippen molar-refractivity contribution in [2.45, 2.75) is 13.5 Å². The first-order valence-corrected chi connectivity index (χ1v) is 6.06. The molecule has 1 aromatic carbocycles. The van der Waals surface area contributed by atoms with Crippen LogP contribution in [0.1, 0.15) is 6.92 Å². The maximum Gasteiger partial charge on any atom is 0.301 e. The quantitative estimate of drug-likeness (QED) is 0.867. The fourth-order valence-electron chi connectivity index (χ4n) is 1.43. The summed E-state index contributed by atoms with van der Waals surface area (Å²) < 4.78 is 13.6. The molecule has 0 fully saturated rings. The van der Waals surface area contributed by atoms with E-state index in [9.17, 15) is 0 Å². The Morgan fingerprint density at radius 1 is 1.41 bits per heavy atom. The molecule has 0 aliphatic rings. The summed E-state index contributed by atoms with van der Waals surface area (Å²) in [5.41, 5.74) is 0. The summed E-state index contributed by atoms with van der Waals surface area (Å²) in [5.74, 6) is 1.50. The summed E-state index contributed by atoms with van der Waals surface area (Å²) in [5, 5.41) is 0. The van der Waals surface area contributed by atoms with E-state index in [0.29, 0.717) is 11.8 Å². The van der Waals surface area contributed by atoms with Crippen molar-refractivity contribution in [3.63, 3.8) is 0 Å². The number of benzene rings is 1. The molecule has 4 nitrogen and oxygen atoms in total. The van der Waals surface area contributed by atoms with Crippen LogP contribution in [0.2, 0.25) is 0 Å². The lowest BCUT2D eigenvalue weighted by Crippen LogP contribution is -1.97. The second-order valence-corrected chi connectivity index (χ2v) is 4.25. The highest BCUT2D eigenvalue weighted by molar-refractivity contribution is 9.10. The number of nitrogens with zero attached hydrogens (tertiary/aromatic N) is 2. The second kappa shape index (κ2) is 5.23. The first kappa shape index (κ1) is 12.0. The fraction of sp³-hybridized carbons (Fsp3) is 0.250. The lowest BCUT2D eigenvalue weighted by atomic mass is 10.3. The Kier molecular flexibility index (Phi) is 3.68. The highest BCUT2D eigenvalue weighted by atomic mass is 79.9. The van der Waals surface area contributed by atoms with E-state index >= 15 is 0 Å². The number of hydrogen-bond acceptors (Lipinski definition) is 3. The maximum absolute atomic E-state index is 5.72. The molecule has 0 saturated carbocycles.